The molecule has 3 aromatic rings. The fraction of sp³-hybridized carbons (Fsp3) is 0.118. The summed E-state index contributed by atoms with van der Waals surface area (Å²) in [5.41, 5.74) is 0.741. The van der Waals surface area contributed by atoms with Gasteiger partial charge in [-0.1, -0.05) is 35.4 Å². The van der Waals surface area contributed by atoms with E-state index in [1.165, 1.54) is 23.9 Å². The normalized spacial score (nSPS) is 11.3. The first-order valence-corrected chi connectivity index (χ1v) is 10.4. The van der Waals surface area contributed by atoms with E-state index >= 15 is 0 Å². The molecular formula is C17H15N3O4S2. The van der Waals surface area contributed by atoms with E-state index in [4.69, 9.17) is 4.42 Å². The van der Waals surface area contributed by atoms with Crippen LogP contribution in [0.4, 0.5) is 6.01 Å². The van der Waals surface area contributed by atoms with Crippen LogP contribution in [-0.4, -0.2) is 36.5 Å². The number of benzene rings is 2. The molecule has 0 aliphatic heterocycles. The predicted molar refractivity (Wildman–Crippen MR) is 98.6 cm³/mol. The van der Waals surface area contributed by atoms with E-state index in [0.717, 1.165) is 10.5 Å². The van der Waals surface area contributed by atoms with Crippen molar-refractivity contribution < 1.29 is 17.6 Å². The molecular weight excluding hydrogens is 374 g/mol. The SMILES string of the molecule is CSc1ccccc1-c1nnc(NC(=O)CS(=O)(=O)c2ccccc2)o1. The fourth-order valence-corrected chi connectivity index (χ4v) is 3.99. The van der Waals surface area contributed by atoms with Crippen LogP contribution >= 0.6 is 11.8 Å². The number of nitrogens with one attached hydrogen (secondary N) is 1. The highest BCUT2D eigenvalue weighted by molar-refractivity contribution is 7.98. The zero-order chi connectivity index (χ0) is 18.6. The maximum Gasteiger partial charge on any atom is 0.322 e. The number of carbonyl (C=O) groups is 1. The second-order valence-electron chi connectivity index (χ2n) is 5.23. The van der Waals surface area contributed by atoms with Crippen LogP contribution in [0.1, 0.15) is 0 Å². The Hall–Kier alpha value is -2.65. The van der Waals surface area contributed by atoms with Gasteiger partial charge in [-0.05, 0) is 30.5 Å². The van der Waals surface area contributed by atoms with E-state index in [0.29, 0.717) is 0 Å². The Labute approximate surface area is 154 Å². The van der Waals surface area contributed by atoms with Gasteiger partial charge in [0.25, 0.3) is 5.89 Å². The van der Waals surface area contributed by atoms with Gasteiger partial charge in [0, 0.05) is 4.90 Å². The molecule has 0 fully saturated rings. The molecule has 134 valence electrons. The molecule has 0 atom stereocenters. The minimum atomic E-state index is -3.74. The van der Waals surface area contributed by atoms with Crippen LogP contribution in [0.15, 0.2) is 68.8 Å². The van der Waals surface area contributed by atoms with Crippen molar-refractivity contribution in [3.8, 4) is 11.5 Å². The molecule has 7 nitrogen and oxygen atoms in total. The molecule has 0 aliphatic rings. The Balaban J connectivity index is 1.72. The second kappa shape index (κ2) is 7.71. The molecule has 1 N–H and O–H groups in total. The van der Waals surface area contributed by atoms with Crippen LogP contribution in [-0.2, 0) is 14.6 Å². The van der Waals surface area contributed by atoms with Crippen LogP contribution in [0.5, 0.6) is 0 Å². The average molecular weight is 389 g/mol. The first-order valence-electron chi connectivity index (χ1n) is 7.54. The van der Waals surface area contributed by atoms with Crippen molar-refractivity contribution in [2.24, 2.45) is 0 Å². The van der Waals surface area contributed by atoms with E-state index in [2.05, 4.69) is 15.5 Å². The molecule has 0 spiro atoms. The van der Waals surface area contributed by atoms with Gasteiger partial charge >= 0.3 is 6.01 Å². The number of hydrogen-bond acceptors (Lipinski definition) is 7. The number of carbonyl (C=O) groups excluding carboxylic acids is 1. The number of thioether (sulfide) groups is 1. The summed E-state index contributed by atoms with van der Waals surface area (Å²) in [6.45, 7) is 0. The van der Waals surface area contributed by atoms with Crippen LogP contribution in [0.3, 0.4) is 0 Å². The maximum absolute atomic E-state index is 12.2. The topological polar surface area (TPSA) is 102 Å². The summed E-state index contributed by atoms with van der Waals surface area (Å²) < 4.78 is 29.9. The van der Waals surface area contributed by atoms with Crippen molar-refractivity contribution in [1.29, 1.82) is 0 Å². The minimum absolute atomic E-state index is 0.0790. The Morgan fingerprint density at radius 1 is 1.08 bits per heavy atom. The number of aromatic nitrogens is 2. The largest absolute Gasteiger partial charge is 0.403 e. The van der Waals surface area contributed by atoms with Crippen molar-refractivity contribution in [3.05, 3.63) is 54.6 Å². The highest BCUT2D eigenvalue weighted by atomic mass is 32.2. The van der Waals surface area contributed by atoms with E-state index in [1.54, 1.807) is 18.2 Å². The number of anilines is 1. The van der Waals surface area contributed by atoms with Gasteiger partial charge in [0.2, 0.25) is 5.91 Å². The van der Waals surface area contributed by atoms with Gasteiger partial charge in [-0.3, -0.25) is 10.1 Å². The quantitative estimate of drug-likeness (QED) is 0.647. The molecule has 2 aromatic carbocycles. The first-order chi connectivity index (χ1) is 12.5. The van der Waals surface area contributed by atoms with Gasteiger partial charge in [0.15, 0.2) is 9.84 Å². The first kappa shape index (κ1) is 18.2. The molecule has 9 heteroatoms. The summed E-state index contributed by atoms with van der Waals surface area (Å²) in [4.78, 5) is 13.1. The summed E-state index contributed by atoms with van der Waals surface area (Å²) in [6.07, 6.45) is 1.92. The Bertz CT molecular complexity index is 1020. The molecule has 1 heterocycles. The fourth-order valence-electron chi connectivity index (χ4n) is 2.24. The van der Waals surface area contributed by atoms with E-state index in [1.807, 2.05) is 30.5 Å². The third kappa shape index (κ3) is 4.12. The van der Waals surface area contributed by atoms with E-state index in [9.17, 15) is 13.2 Å². The number of sulfone groups is 1. The number of hydrogen-bond donors (Lipinski definition) is 1. The lowest BCUT2D eigenvalue weighted by molar-refractivity contribution is -0.114. The number of amides is 1. The molecule has 0 bridgehead atoms. The minimum Gasteiger partial charge on any atom is -0.403 e. The summed E-state index contributed by atoms with van der Waals surface area (Å²) in [5, 5.41) is 10.00. The van der Waals surface area contributed by atoms with Crippen LogP contribution < -0.4 is 5.32 Å². The third-order valence-electron chi connectivity index (χ3n) is 3.43. The number of nitrogens with zero attached hydrogens (tertiary/aromatic N) is 2. The van der Waals surface area contributed by atoms with E-state index in [-0.39, 0.29) is 16.8 Å². The standard InChI is InChI=1S/C17H15N3O4S2/c1-25-14-10-6-5-9-13(14)16-19-20-17(24-16)18-15(21)11-26(22,23)12-7-3-2-4-8-12/h2-10H,11H2,1H3,(H,18,20,21). The lowest BCUT2D eigenvalue weighted by Gasteiger charge is -2.04. The van der Waals surface area contributed by atoms with Gasteiger partial charge in [0.1, 0.15) is 5.75 Å². The van der Waals surface area contributed by atoms with Crippen molar-refractivity contribution in [2.75, 3.05) is 17.3 Å². The van der Waals surface area contributed by atoms with E-state index < -0.39 is 21.5 Å². The van der Waals surface area contributed by atoms with Gasteiger partial charge in [-0.15, -0.1) is 16.9 Å². The summed E-state index contributed by atoms with van der Waals surface area (Å²) >= 11 is 1.52. The van der Waals surface area contributed by atoms with Gasteiger partial charge < -0.3 is 4.42 Å². The van der Waals surface area contributed by atoms with Crippen molar-refractivity contribution in [3.63, 3.8) is 0 Å². The van der Waals surface area contributed by atoms with Gasteiger partial charge in [-0.2, -0.15) is 0 Å². The Morgan fingerprint density at radius 3 is 2.50 bits per heavy atom. The molecule has 0 saturated carbocycles. The van der Waals surface area contributed by atoms with Crippen molar-refractivity contribution in [2.45, 2.75) is 9.79 Å². The monoisotopic (exact) mass is 389 g/mol. The Kier molecular flexibility index (Phi) is 5.38. The van der Waals surface area contributed by atoms with Crippen LogP contribution in [0.25, 0.3) is 11.5 Å². The average Bonchev–Trinajstić information content (AvgIpc) is 3.10. The highest BCUT2D eigenvalue weighted by Gasteiger charge is 2.21. The zero-order valence-corrected chi connectivity index (χ0v) is 15.4. The predicted octanol–water partition coefficient (Wildman–Crippen LogP) is 2.87. The van der Waals surface area contributed by atoms with Crippen LogP contribution in [0, 0.1) is 0 Å². The molecule has 3 rings (SSSR count). The molecule has 1 aromatic heterocycles. The van der Waals surface area contributed by atoms with Crippen molar-refractivity contribution in [1.82, 2.24) is 10.2 Å². The smallest absolute Gasteiger partial charge is 0.322 e. The van der Waals surface area contributed by atoms with Crippen molar-refractivity contribution >= 4 is 33.5 Å². The third-order valence-corrected chi connectivity index (χ3v) is 5.86. The second-order valence-corrected chi connectivity index (χ2v) is 8.07. The lowest BCUT2D eigenvalue weighted by Crippen LogP contribution is -2.23. The highest BCUT2D eigenvalue weighted by Crippen LogP contribution is 2.29. The molecule has 0 aliphatic carbocycles. The van der Waals surface area contributed by atoms with Gasteiger partial charge in [0.05, 0.1) is 10.5 Å². The zero-order valence-electron chi connectivity index (χ0n) is 13.7. The van der Waals surface area contributed by atoms with Gasteiger partial charge in [-0.25, -0.2) is 8.42 Å². The molecule has 0 unspecified atom stereocenters. The Morgan fingerprint density at radius 2 is 1.77 bits per heavy atom. The summed E-state index contributed by atoms with van der Waals surface area (Å²) in [7, 11) is -3.74. The maximum atomic E-state index is 12.2. The lowest BCUT2D eigenvalue weighted by atomic mass is 10.2. The van der Waals surface area contributed by atoms with Crippen LogP contribution in [0.2, 0.25) is 0 Å². The molecule has 1 amide bonds. The summed E-state index contributed by atoms with van der Waals surface area (Å²) in [5.74, 6) is -1.21. The molecule has 0 radical (unpaired) electrons. The number of rotatable bonds is 6. The molecule has 0 saturated heterocycles. The summed E-state index contributed by atoms with van der Waals surface area (Å²) in [6, 6.07) is 15.1. The molecule has 26 heavy (non-hydrogen) atoms.